The van der Waals surface area contributed by atoms with Gasteiger partial charge in [-0.05, 0) is 30.2 Å². The monoisotopic (exact) mass is 323 g/mol. The Labute approximate surface area is 138 Å². The molecule has 1 aromatic heterocycles. The van der Waals surface area contributed by atoms with Crippen molar-refractivity contribution in [1.29, 1.82) is 0 Å². The molecule has 3 rings (SSSR count). The fourth-order valence-corrected chi connectivity index (χ4v) is 2.52. The number of carbonyl (C=O) groups is 1. The van der Waals surface area contributed by atoms with E-state index in [1.54, 1.807) is 31.4 Å². The third-order valence-corrected chi connectivity index (χ3v) is 3.74. The Morgan fingerprint density at radius 1 is 1.17 bits per heavy atom. The molecule has 0 radical (unpaired) electrons. The van der Waals surface area contributed by atoms with E-state index in [0.717, 1.165) is 11.3 Å². The SMILES string of the molecule is COc1cccc(CCNC(=O)c2n[nH]c(=O)c3ccccc23)c1. The van der Waals surface area contributed by atoms with Crippen molar-refractivity contribution in [2.45, 2.75) is 6.42 Å². The number of hydrogen-bond donors (Lipinski definition) is 2. The van der Waals surface area contributed by atoms with Gasteiger partial charge in [0.1, 0.15) is 5.75 Å². The Balaban J connectivity index is 1.72. The van der Waals surface area contributed by atoms with Gasteiger partial charge in [0.25, 0.3) is 11.5 Å². The number of fused-ring (bicyclic) bond motifs is 1. The number of carbonyl (C=O) groups excluding carboxylic acids is 1. The average molecular weight is 323 g/mol. The molecule has 0 saturated carbocycles. The van der Waals surface area contributed by atoms with E-state index in [2.05, 4.69) is 15.5 Å². The van der Waals surface area contributed by atoms with Crippen LogP contribution in [0.15, 0.2) is 53.3 Å². The van der Waals surface area contributed by atoms with Crippen LogP contribution >= 0.6 is 0 Å². The van der Waals surface area contributed by atoms with Crippen LogP contribution in [0.1, 0.15) is 16.1 Å². The van der Waals surface area contributed by atoms with Crippen LogP contribution in [0.4, 0.5) is 0 Å². The summed E-state index contributed by atoms with van der Waals surface area (Å²) in [6, 6.07) is 14.6. The van der Waals surface area contributed by atoms with Crippen LogP contribution in [0.5, 0.6) is 5.75 Å². The zero-order chi connectivity index (χ0) is 16.9. The fourth-order valence-electron chi connectivity index (χ4n) is 2.52. The second-order valence-electron chi connectivity index (χ2n) is 5.30. The molecule has 6 heteroatoms. The van der Waals surface area contributed by atoms with Gasteiger partial charge in [0, 0.05) is 11.9 Å². The number of ether oxygens (including phenoxy) is 1. The number of H-pyrrole nitrogens is 1. The predicted molar refractivity (Wildman–Crippen MR) is 91.4 cm³/mol. The van der Waals surface area contributed by atoms with Gasteiger partial charge in [-0.1, -0.05) is 30.3 Å². The van der Waals surface area contributed by atoms with Crippen LogP contribution in [0.2, 0.25) is 0 Å². The predicted octanol–water partition coefficient (Wildman–Crippen LogP) is 1.90. The zero-order valence-electron chi connectivity index (χ0n) is 13.2. The number of aromatic amines is 1. The summed E-state index contributed by atoms with van der Waals surface area (Å²) >= 11 is 0. The molecule has 0 spiro atoms. The van der Waals surface area contributed by atoms with E-state index in [1.165, 1.54) is 0 Å². The highest BCUT2D eigenvalue weighted by Crippen LogP contribution is 2.13. The molecule has 1 heterocycles. The van der Waals surface area contributed by atoms with Crippen molar-refractivity contribution in [3.63, 3.8) is 0 Å². The number of methoxy groups -OCH3 is 1. The Hall–Kier alpha value is -3.15. The summed E-state index contributed by atoms with van der Waals surface area (Å²) in [5.74, 6) is 0.470. The van der Waals surface area contributed by atoms with Crippen LogP contribution in [0.25, 0.3) is 10.8 Å². The van der Waals surface area contributed by atoms with Gasteiger partial charge in [-0.15, -0.1) is 0 Å². The second kappa shape index (κ2) is 6.95. The Bertz CT molecular complexity index is 934. The summed E-state index contributed by atoms with van der Waals surface area (Å²) < 4.78 is 5.18. The Morgan fingerprint density at radius 2 is 1.96 bits per heavy atom. The molecule has 0 unspecified atom stereocenters. The molecular weight excluding hydrogens is 306 g/mol. The van der Waals surface area contributed by atoms with Crippen molar-refractivity contribution in [3.05, 3.63) is 70.1 Å². The zero-order valence-corrected chi connectivity index (χ0v) is 13.2. The van der Waals surface area contributed by atoms with Crippen LogP contribution in [0, 0.1) is 0 Å². The molecule has 2 N–H and O–H groups in total. The molecule has 2 aromatic carbocycles. The number of amides is 1. The van der Waals surface area contributed by atoms with Gasteiger partial charge in [0.15, 0.2) is 5.69 Å². The average Bonchev–Trinajstić information content (AvgIpc) is 2.62. The maximum atomic E-state index is 12.4. The normalized spacial score (nSPS) is 10.5. The summed E-state index contributed by atoms with van der Waals surface area (Å²) in [5, 5.41) is 10.1. The first-order valence-corrected chi connectivity index (χ1v) is 7.57. The van der Waals surface area contributed by atoms with Crippen molar-refractivity contribution in [3.8, 4) is 5.75 Å². The molecule has 0 aliphatic heterocycles. The summed E-state index contributed by atoms with van der Waals surface area (Å²) in [6.45, 7) is 0.459. The third-order valence-electron chi connectivity index (χ3n) is 3.74. The first-order chi connectivity index (χ1) is 11.7. The van der Waals surface area contributed by atoms with Crippen molar-refractivity contribution in [1.82, 2.24) is 15.5 Å². The second-order valence-corrected chi connectivity index (χ2v) is 5.30. The minimum absolute atomic E-state index is 0.218. The van der Waals surface area contributed by atoms with E-state index in [9.17, 15) is 9.59 Å². The molecule has 122 valence electrons. The van der Waals surface area contributed by atoms with E-state index < -0.39 is 0 Å². The standard InChI is InChI=1S/C18H17N3O3/c1-24-13-6-4-5-12(11-13)9-10-19-18(23)16-14-7-2-3-8-15(14)17(22)21-20-16/h2-8,11H,9-10H2,1H3,(H,19,23)(H,21,22). The maximum absolute atomic E-state index is 12.4. The molecular formula is C18H17N3O3. The van der Waals surface area contributed by atoms with E-state index in [4.69, 9.17) is 4.74 Å². The van der Waals surface area contributed by atoms with Gasteiger partial charge in [-0.3, -0.25) is 9.59 Å². The lowest BCUT2D eigenvalue weighted by atomic mass is 10.1. The van der Waals surface area contributed by atoms with Gasteiger partial charge in [-0.2, -0.15) is 5.10 Å². The molecule has 24 heavy (non-hydrogen) atoms. The molecule has 0 atom stereocenters. The molecule has 0 saturated heterocycles. The van der Waals surface area contributed by atoms with Gasteiger partial charge in [0.2, 0.25) is 0 Å². The highest BCUT2D eigenvalue weighted by atomic mass is 16.5. The van der Waals surface area contributed by atoms with Crippen LogP contribution in [-0.2, 0) is 6.42 Å². The van der Waals surface area contributed by atoms with Crippen molar-refractivity contribution in [2.24, 2.45) is 0 Å². The lowest BCUT2D eigenvalue weighted by Gasteiger charge is -2.07. The minimum Gasteiger partial charge on any atom is -0.497 e. The molecule has 0 aliphatic rings. The van der Waals surface area contributed by atoms with Crippen molar-refractivity contribution < 1.29 is 9.53 Å². The van der Waals surface area contributed by atoms with E-state index >= 15 is 0 Å². The summed E-state index contributed by atoms with van der Waals surface area (Å²) in [5.41, 5.74) is 0.975. The first-order valence-electron chi connectivity index (χ1n) is 7.57. The summed E-state index contributed by atoms with van der Waals surface area (Å²) in [6.07, 6.45) is 0.671. The number of aromatic nitrogens is 2. The van der Waals surface area contributed by atoms with Crippen molar-refractivity contribution >= 4 is 16.7 Å². The van der Waals surface area contributed by atoms with Crippen LogP contribution < -0.4 is 15.6 Å². The lowest BCUT2D eigenvalue weighted by Crippen LogP contribution is -2.28. The molecule has 6 nitrogen and oxygen atoms in total. The Morgan fingerprint density at radius 3 is 2.75 bits per heavy atom. The lowest BCUT2D eigenvalue weighted by molar-refractivity contribution is 0.0950. The molecule has 0 fully saturated rings. The quantitative estimate of drug-likeness (QED) is 0.751. The van der Waals surface area contributed by atoms with E-state index in [1.807, 2.05) is 24.3 Å². The third kappa shape index (κ3) is 3.27. The maximum Gasteiger partial charge on any atom is 0.272 e. The molecule has 0 aliphatic carbocycles. The molecule has 3 aromatic rings. The smallest absolute Gasteiger partial charge is 0.272 e. The number of hydrogen-bond acceptors (Lipinski definition) is 4. The number of benzene rings is 2. The molecule has 1 amide bonds. The van der Waals surface area contributed by atoms with Crippen molar-refractivity contribution in [2.75, 3.05) is 13.7 Å². The summed E-state index contributed by atoms with van der Waals surface area (Å²) in [4.78, 5) is 24.1. The van der Waals surface area contributed by atoms with E-state index in [-0.39, 0.29) is 17.2 Å². The number of nitrogens with zero attached hydrogens (tertiary/aromatic N) is 1. The van der Waals surface area contributed by atoms with Crippen LogP contribution in [-0.4, -0.2) is 29.8 Å². The van der Waals surface area contributed by atoms with E-state index in [0.29, 0.717) is 23.7 Å². The number of nitrogens with one attached hydrogen (secondary N) is 2. The largest absolute Gasteiger partial charge is 0.497 e. The number of rotatable bonds is 5. The summed E-state index contributed by atoms with van der Waals surface area (Å²) in [7, 11) is 1.62. The van der Waals surface area contributed by atoms with Gasteiger partial charge >= 0.3 is 0 Å². The Kier molecular flexibility index (Phi) is 4.56. The highest BCUT2D eigenvalue weighted by molar-refractivity contribution is 6.04. The fraction of sp³-hybridized carbons (Fsp3) is 0.167. The van der Waals surface area contributed by atoms with Crippen LogP contribution in [0.3, 0.4) is 0 Å². The highest BCUT2D eigenvalue weighted by Gasteiger charge is 2.13. The van der Waals surface area contributed by atoms with Gasteiger partial charge < -0.3 is 10.1 Å². The molecule has 0 bridgehead atoms. The van der Waals surface area contributed by atoms with Gasteiger partial charge in [0.05, 0.1) is 12.5 Å². The van der Waals surface area contributed by atoms with Gasteiger partial charge in [-0.25, -0.2) is 5.10 Å². The minimum atomic E-state index is -0.314. The first kappa shape index (κ1) is 15.7. The topological polar surface area (TPSA) is 84.1 Å².